The van der Waals surface area contributed by atoms with Gasteiger partial charge in [0.1, 0.15) is 0 Å². The van der Waals surface area contributed by atoms with E-state index in [4.69, 9.17) is 0 Å². The van der Waals surface area contributed by atoms with Crippen LogP contribution in [0.25, 0.3) is 98.0 Å². The van der Waals surface area contributed by atoms with Crippen LogP contribution in [0.2, 0.25) is 0 Å². The van der Waals surface area contributed by atoms with E-state index in [0.717, 1.165) is 0 Å². The Morgan fingerprint density at radius 2 is 0.688 bits per heavy atom. The molecular formula is C48H30. The van der Waals surface area contributed by atoms with Crippen LogP contribution in [-0.2, 0) is 0 Å². The van der Waals surface area contributed by atoms with Crippen molar-refractivity contribution < 1.29 is 0 Å². The third-order valence-electron chi connectivity index (χ3n) is 10.2. The summed E-state index contributed by atoms with van der Waals surface area (Å²) in [5, 5.41) is 15.4. The highest BCUT2D eigenvalue weighted by molar-refractivity contribution is 6.23. The van der Waals surface area contributed by atoms with Crippen molar-refractivity contribution in [3.63, 3.8) is 0 Å². The summed E-state index contributed by atoms with van der Waals surface area (Å²) in [6, 6.07) is 67.1. The Labute approximate surface area is 279 Å². The molecule has 0 nitrogen and oxygen atoms in total. The predicted octanol–water partition coefficient (Wildman–Crippen LogP) is 13.6. The van der Waals surface area contributed by atoms with Gasteiger partial charge in [0.2, 0.25) is 0 Å². The van der Waals surface area contributed by atoms with Crippen molar-refractivity contribution in [3.8, 4) is 33.4 Å². The molecule has 0 radical (unpaired) electrons. The van der Waals surface area contributed by atoms with E-state index in [-0.39, 0.29) is 0 Å². The maximum absolute atomic E-state index is 2.38. The van der Waals surface area contributed by atoms with Gasteiger partial charge >= 0.3 is 0 Å². The van der Waals surface area contributed by atoms with Crippen molar-refractivity contribution in [2.45, 2.75) is 0 Å². The minimum absolute atomic E-state index is 1.22. The van der Waals surface area contributed by atoms with E-state index in [9.17, 15) is 0 Å². The molecule has 10 aromatic carbocycles. The Balaban J connectivity index is 1.08. The topological polar surface area (TPSA) is 0 Å². The molecule has 10 aromatic rings. The Bertz CT molecular complexity index is 2890. The average molecular weight is 607 g/mol. The first-order chi connectivity index (χ1) is 23.8. The van der Waals surface area contributed by atoms with Gasteiger partial charge in [-0.3, -0.25) is 0 Å². The van der Waals surface area contributed by atoms with Crippen LogP contribution in [-0.4, -0.2) is 0 Å². The molecule has 0 heterocycles. The second-order valence-electron chi connectivity index (χ2n) is 12.9. The molecular weight excluding hydrogens is 577 g/mol. The molecule has 0 unspecified atom stereocenters. The fourth-order valence-corrected chi connectivity index (χ4v) is 7.87. The van der Waals surface area contributed by atoms with E-state index < -0.39 is 0 Å². The van der Waals surface area contributed by atoms with Crippen LogP contribution in [0.1, 0.15) is 0 Å². The first kappa shape index (κ1) is 26.9. The minimum Gasteiger partial charge on any atom is -0.0616 e. The maximum atomic E-state index is 2.38. The highest BCUT2D eigenvalue weighted by Gasteiger charge is 2.13. The van der Waals surface area contributed by atoms with Gasteiger partial charge in [-0.2, -0.15) is 0 Å². The lowest BCUT2D eigenvalue weighted by atomic mass is 9.89. The monoisotopic (exact) mass is 606 g/mol. The summed E-state index contributed by atoms with van der Waals surface area (Å²) in [6.07, 6.45) is 0. The quantitative estimate of drug-likeness (QED) is 0.176. The summed E-state index contributed by atoms with van der Waals surface area (Å²) in [6.45, 7) is 0. The van der Waals surface area contributed by atoms with Crippen molar-refractivity contribution in [2.75, 3.05) is 0 Å². The van der Waals surface area contributed by atoms with Crippen LogP contribution in [0.5, 0.6) is 0 Å². The van der Waals surface area contributed by atoms with E-state index in [1.165, 1.54) is 98.0 Å². The van der Waals surface area contributed by atoms with Crippen LogP contribution in [0.3, 0.4) is 0 Å². The number of hydrogen-bond acceptors (Lipinski definition) is 0. The van der Waals surface area contributed by atoms with Gasteiger partial charge in [0.15, 0.2) is 0 Å². The SMILES string of the molecule is c1cc(-c2ccc3cc(-c4cc5ccccc5c5ccccc45)ccc3c2)cc(-c2cc3ccc4ccccc4c3c3ccccc23)c1. The van der Waals surface area contributed by atoms with Crippen LogP contribution in [0.15, 0.2) is 182 Å². The molecule has 0 bridgehead atoms. The Morgan fingerprint density at radius 1 is 0.208 bits per heavy atom. The summed E-state index contributed by atoms with van der Waals surface area (Å²) in [4.78, 5) is 0. The standard InChI is InChI=1S/C48H30/c1-4-15-41-31(10-1)20-25-39-30-47(44-18-7-8-19-45(44)48(39)41)36-13-9-12-32(27-36)33-21-22-35-28-38(24-23-34(35)26-33)46-29-37-11-2-3-14-40(37)42-16-5-6-17-43(42)46/h1-30H. The molecule has 222 valence electrons. The third kappa shape index (κ3) is 4.24. The zero-order valence-corrected chi connectivity index (χ0v) is 26.3. The molecule has 0 N–H and O–H groups in total. The van der Waals surface area contributed by atoms with Crippen LogP contribution < -0.4 is 0 Å². The molecule has 0 aliphatic rings. The Hall–Kier alpha value is -6.24. The lowest BCUT2D eigenvalue weighted by molar-refractivity contribution is 1.62. The summed E-state index contributed by atoms with van der Waals surface area (Å²) in [5.41, 5.74) is 7.47. The van der Waals surface area contributed by atoms with Crippen LogP contribution in [0.4, 0.5) is 0 Å². The molecule has 0 spiro atoms. The smallest absolute Gasteiger partial charge is 0.00264 e. The Kier molecular flexibility index (Phi) is 5.98. The van der Waals surface area contributed by atoms with Gasteiger partial charge in [0.25, 0.3) is 0 Å². The second-order valence-corrected chi connectivity index (χ2v) is 12.9. The van der Waals surface area contributed by atoms with E-state index in [0.29, 0.717) is 0 Å². The number of benzene rings is 10. The van der Waals surface area contributed by atoms with Gasteiger partial charge < -0.3 is 0 Å². The van der Waals surface area contributed by atoms with Crippen molar-refractivity contribution in [3.05, 3.63) is 182 Å². The summed E-state index contributed by atoms with van der Waals surface area (Å²) >= 11 is 0. The Morgan fingerprint density at radius 3 is 1.48 bits per heavy atom. The fourth-order valence-electron chi connectivity index (χ4n) is 7.87. The van der Waals surface area contributed by atoms with E-state index in [1.54, 1.807) is 0 Å². The number of fused-ring (bicyclic) bond motifs is 9. The zero-order chi connectivity index (χ0) is 31.6. The second kappa shape index (κ2) is 10.7. The molecule has 0 aromatic heterocycles. The van der Waals surface area contributed by atoms with Crippen LogP contribution >= 0.6 is 0 Å². The molecule has 0 atom stereocenters. The molecule has 0 saturated heterocycles. The summed E-state index contributed by atoms with van der Waals surface area (Å²) in [5.74, 6) is 0. The molecule has 0 aliphatic heterocycles. The van der Waals surface area contributed by atoms with Crippen LogP contribution in [0, 0.1) is 0 Å². The molecule has 0 fully saturated rings. The maximum Gasteiger partial charge on any atom is -0.00264 e. The lowest BCUT2D eigenvalue weighted by Crippen LogP contribution is -1.87. The predicted molar refractivity (Wildman–Crippen MR) is 208 cm³/mol. The lowest BCUT2D eigenvalue weighted by Gasteiger charge is -2.14. The summed E-state index contributed by atoms with van der Waals surface area (Å²) in [7, 11) is 0. The largest absolute Gasteiger partial charge is 0.0616 e. The van der Waals surface area contributed by atoms with Gasteiger partial charge in [0.05, 0.1) is 0 Å². The first-order valence-electron chi connectivity index (χ1n) is 16.7. The number of rotatable bonds is 3. The highest BCUT2D eigenvalue weighted by Crippen LogP contribution is 2.40. The molecule has 0 aliphatic carbocycles. The van der Waals surface area contributed by atoms with Gasteiger partial charge in [-0.1, -0.05) is 152 Å². The van der Waals surface area contributed by atoms with E-state index >= 15 is 0 Å². The van der Waals surface area contributed by atoms with Gasteiger partial charge in [0, 0.05) is 0 Å². The molecule has 0 amide bonds. The summed E-state index contributed by atoms with van der Waals surface area (Å²) < 4.78 is 0. The third-order valence-corrected chi connectivity index (χ3v) is 10.2. The first-order valence-corrected chi connectivity index (χ1v) is 16.7. The van der Waals surface area contributed by atoms with E-state index in [1.807, 2.05) is 0 Å². The molecule has 0 heteroatoms. The molecule has 48 heavy (non-hydrogen) atoms. The fraction of sp³-hybridized carbons (Fsp3) is 0. The van der Waals surface area contributed by atoms with Crippen molar-refractivity contribution >= 4 is 64.6 Å². The highest BCUT2D eigenvalue weighted by atomic mass is 14.2. The van der Waals surface area contributed by atoms with Crippen molar-refractivity contribution in [1.29, 1.82) is 0 Å². The zero-order valence-electron chi connectivity index (χ0n) is 26.3. The van der Waals surface area contributed by atoms with E-state index in [2.05, 4.69) is 182 Å². The van der Waals surface area contributed by atoms with Gasteiger partial charge in [-0.15, -0.1) is 0 Å². The minimum atomic E-state index is 1.22. The van der Waals surface area contributed by atoms with Crippen molar-refractivity contribution in [2.24, 2.45) is 0 Å². The van der Waals surface area contributed by atoms with Gasteiger partial charge in [-0.05, 0) is 128 Å². The average Bonchev–Trinajstić information content (AvgIpc) is 3.16. The molecule has 10 rings (SSSR count). The molecule has 0 saturated carbocycles. The van der Waals surface area contributed by atoms with Gasteiger partial charge in [-0.25, -0.2) is 0 Å². The van der Waals surface area contributed by atoms with Crippen molar-refractivity contribution in [1.82, 2.24) is 0 Å². The normalized spacial score (nSPS) is 11.8. The number of hydrogen-bond donors (Lipinski definition) is 0.